The largest absolute Gasteiger partial charge is 0.513 e. The number of allylic oxidation sites excluding steroid dienone is 3. The number of alkyl halides is 3. The van der Waals surface area contributed by atoms with Crippen molar-refractivity contribution in [2.75, 3.05) is 0 Å². The summed E-state index contributed by atoms with van der Waals surface area (Å²) in [4.78, 5) is 53.8. The van der Waals surface area contributed by atoms with Gasteiger partial charge in [0.05, 0.1) is 17.6 Å². The zero-order valence-electron chi connectivity index (χ0n) is 50.9. The summed E-state index contributed by atoms with van der Waals surface area (Å²) in [6.07, 6.45) is 7.00. The molecule has 5 N–H and O–H groups in total. The molecule has 0 amide bonds. The number of halogens is 7. The van der Waals surface area contributed by atoms with Crippen LogP contribution in [0.25, 0.3) is 55.1 Å². The first-order chi connectivity index (χ1) is 43.8. The number of aryl methyl sites for hydroxylation is 1. The van der Waals surface area contributed by atoms with Crippen LogP contribution in [0, 0.1) is 54.5 Å². The maximum absolute atomic E-state index is 13.2. The standard InChI is InChI=1S/C13H9F3N.C13H8NS.2C11H6F2N.2C6H5NO2.C5H10O2.C5H8O2.4Ir/c1-9-6-10(12-4-2-3-5-17-12)8-11(7-9)13(14,15)16;1-2-4-10(5-3-1)13-11-7-9-15-12(11)6-8-14-13;2*12-8-4-5-9(10(13)7-8)11-3-1-2-6-14-11;2*8-6(9)5-3-1-2-4-7-5;2*1-4(6)3-5(2)7;;;;/h2-7H,1H3;1-4,6-9H;2*1-4,6-7H;2*1-4H,(H,8,9);3-4,6-7H,1-2H3;3,6H,1-2H3;;;;/q4*-1;;;;;;;;. The molecule has 1 unspecified atom stereocenters. The van der Waals surface area contributed by atoms with Gasteiger partial charge < -0.3 is 45.5 Å². The maximum atomic E-state index is 13.2. The number of benzene rings is 4. The Bertz CT molecular complexity index is 3980. The molecule has 26 heteroatoms. The molecule has 510 valence electrons. The third-order valence-corrected chi connectivity index (χ3v) is 11.7. The van der Waals surface area contributed by atoms with Crippen LogP contribution >= 0.6 is 11.3 Å². The van der Waals surface area contributed by atoms with E-state index in [0.29, 0.717) is 28.2 Å². The minimum absolute atomic E-state index is 0. The van der Waals surface area contributed by atoms with Crippen LogP contribution in [0.15, 0.2) is 230 Å². The number of aromatic carboxylic acids is 2. The molecule has 4 aromatic carbocycles. The number of aliphatic hydroxyl groups excluding tert-OH is 3. The summed E-state index contributed by atoms with van der Waals surface area (Å²) in [5.41, 5.74) is 4.13. The van der Waals surface area contributed by atoms with Crippen molar-refractivity contribution in [1.29, 1.82) is 0 Å². The number of carbonyl (C=O) groups is 3. The molecule has 0 spiro atoms. The summed E-state index contributed by atoms with van der Waals surface area (Å²) < 4.78 is 90.7. The molecule has 0 aliphatic rings. The maximum Gasteiger partial charge on any atom is 0.399 e. The third kappa shape index (κ3) is 33.2. The monoisotopic (exact) mass is 2050 g/mol. The molecule has 0 saturated carbocycles. The molecule has 4 radical (unpaired) electrons. The zero-order chi connectivity index (χ0) is 67.6. The quantitative estimate of drug-likeness (QED) is 0.0413. The third-order valence-electron chi connectivity index (χ3n) is 10.8. The van der Waals surface area contributed by atoms with Gasteiger partial charge in [-0.1, -0.05) is 84.8 Å². The van der Waals surface area contributed by atoms with E-state index in [9.17, 15) is 45.1 Å². The molecule has 96 heavy (non-hydrogen) atoms. The van der Waals surface area contributed by atoms with Crippen LogP contribution in [0.1, 0.15) is 59.8 Å². The summed E-state index contributed by atoms with van der Waals surface area (Å²) in [6.45, 7) is 7.57. The topological polar surface area (TPSA) is 230 Å². The predicted octanol–water partition coefficient (Wildman–Crippen LogP) is 16.7. The van der Waals surface area contributed by atoms with Gasteiger partial charge in [-0.15, -0.1) is 101 Å². The Hall–Kier alpha value is -8.50. The number of hydrogen-bond acceptors (Lipinski definition) is 13. The number of hydrogen-bond donors (Lipinski definition) is 5. The van der Waals surface area contributed by atoms with E-state index >= 15 is 0 Å². The Morgan fingerprint density at radius 2 is 0.990 bits per heavy atom. The van der Waals surface area contributed by atoms with E-state index in [-0.39, 0.29) is 120 Å². The van der Waals surface area contributed by atoms with Crippen LogP contribution in [0.4, 0.5) is 30.7 Å². The summed E-state index contributed by atoms with van der Waals surface area (Å²) in [7, 11) is 0. The van der Waals surface area contributed by atoms with Crippen LogP contribution < -0.4 is 0 Å². The van der Waals surface area contributed by atoms with Gasteiger partial charge in [-0.25, -0.2) is 19.6 Å². The average Bonchev–Trinajstić information content (AvgIpc) is 1.52. The SMILES string of the molecule is CC(=O)C=C(C)O.CC(O)=CC(C)O.Cc1cc(-c2ccccn2)[c-]c(C(F)(F)F)c1.Fc1c[c-]c(-c2ccccn2)c(F)c1.Fc1c[c-]c(-c2ccccn2)c(F)c1.O=C(O)c1ccccn1.O=C(O)c1ccccn1.[Ir].[Ir].[Ir].[Ir].[c-]1ccccc1-c1nccc2sccc12. The van der Waals surface area contributed by atoms with Gasteiger partial charge in [-0.3, -0.25) is 22.4 Å². The molecule has 0 aliphatic carbocycles. The number of rotatable bonds is 8. The number of ketones is 1. The molecule has 7 heterocycles. The van der Waals surface area contributed by atoms with Crippen LogP contribution in [0.2, 0.25) is 0 Å². The van der Waals surface area contributed by atoms with E-state index in [0.717, 1.165) is 41.6 Å². The Morgan fingerprint density at radius 1 is 0.531 bits per heavy atom. The second kappa shape index (κ2) is 46.6. The van der Waals surface area contributed by atoms with Crippen molar-refractivity contribution in [2.24, 2.45) is 0 Å². The van der Waals surface area contributed by atoms with Crippen molar-refractivity contribution in [1.82, 2.24) is 29.9 Å². The van der Waals surface area contributed by atoms with Gasteiger partial charge in [-0.2, -0.15) is 13.2 Å². The average molecular weight is 2040 g/mol. The van der Waals surface area contributed by atoms with E-state index in [1.54, 1.807) is 129 Å². The minimum atomic E-state index is -4.38. The van der Waals surface area contributed by atoms with Gasteiger partial charge in [0, 0.05) is 152 Å². The Labute approximate surface area is 607 Å². The van der Waals surface area contributed by atoms with Crippen molar-refractivity contribution in [3.05, 3.63) is 300 Å². The van der Waals surface area contributed by atoms with Gasteiger partial charge in [0.1, 0.15) is 11.4 Å². The molecule has 11 rings (SSSR count). The molecule has 0 bridgehead atoms. The molecule has 0 aliphatic heterocycles. The normalized spacial score (nSPS) is 10.4. The van der Waals surface area contributed by atoms with Gasteiger partial charge in [0.2, 0.25) is 0 Å². The van der Waals surface area contributed by atoms with Crippen LogP contribution in [-0.2, 0) is 91.4 Å². The van der Waals surface area contributed by atoms with E-state index in [4.69, 9.17) is 25.5 Å². The summed E-state index contributed by atoms with van der Waals surface area (Å²) in [5.74, 6) is -4.45. The number of aromatic nitrogens is 6. The van der Waals surface area contributed by atoms with E-state index in [1.807, 2.05) is 36.5 Å². The Morgan fingerprint density at radius 3 is 1.32 bits per heavy atom. The first-order valence-electron chi connectivity index (χ1n) is 26.9. The van der Waals surface area contributed by atoms with E-state index < -0.39 is 53.1 Å². The number of carboxylic acid groups (broad SMARTS) is 2. The van der Waals surface area contributed by atoms with Crippen molar-refractivity contribution < 1.29 is 151 Å². The predicted molar refractivity (Wildman–Crippen MR) is 337 cm³/mol. The van der Waals surface area contributed by atoms with Crippen LogP contribution in [0.5, 0.6) is 0 Å². The molecule has 7 aromatic heterocycles. The summed E-state index contributed by atoms with van der Waals surface area (Å²) >= 11 is 1.74. The Balaban J connectivity index is 0.00000109. The fourth-order valence-electron chi connectivity index (χ4n) is 7.10. The molecule has 0 saturated heterocycles. The second-order valence-corrected chi connectivity index (χ2v) is 19.4. The number of thiophene rings is 1. The smallest absolute Gasteiger partial charge is 0.399 e. The van der Waals surface area contributed by atoms with Crippen molar-refractivity contribution in [3.8, 4) is 45.0 Å². The number of carbonyl (C=O) groups excluding carboxylic acids is 1. The van der Waals surface area contributed by atoms with Gasteiger partial charge in [0.15, 0.2) is 5.78 Å². The number of carboxylic acids is 2. The zero-order valence-corrected chi connectivity index (χ0v) is 61.3. The molecule has 11 aromatic rings. The van der Waals surface area contributed by atoms with Crippen molar-refractivity contribution in [2.45, 2.75) is 46.9 Å². The van der Waals surface area contributed by atoms with Gasteiger partial charge >= 0.3 is 18.1 Å². The minimum Gasteiger partial charge on any atom is -0.513 e. The summed E-state index contributed by atoms with van der Waals surface area (Å²) in [5, 5.41) is 45.2. The van der Waals surface area contributed by atoms with Crippen LogP contribution in [0.3, 0.4) is 0 Å². The number of fused-ring (bicyclic) bond motifs is 1. The summed E-state index contributed by atoms with van der Waals surface area (Å²) in [6, 6.07) is 54.0. The number of pyridine rings is 6. The van der Waals surface area contributed by atoms with Crippen molar-refractivity contribution >= 4 is 39.1 Å². The molecule has 14 nitrogen and oxygen atoms in total. The van der Waals surface area contributed by atoms with Crippen LogP contribution in [-0.4, -0.2) is 79.3 Å². The van der Waals surface area contributed by atoms with Crippen molar-refractivity contribution in [3.63, 3.8) is 0 Å². The fourth-order valence-corrected chi connectivity index (χ4v) is 7.88. The van der Waals surface area contributed by atoms with E-state index in [2.05, 4.69) is 65.6 Å². The van der Waals surface area contributed by atoms with E-state index in [1.165, 1.54) is 67.5 Å². The second-order valence-electron chi connectivity index (χ2n) is 18.5. The first kappa shape index (κ1) is 87.5. The Kier molecular flexibility index (Phi) is 42.5. The molecular formula is C70H57F7Ir4N6O8S-4. The van der Waals surface area contributed by atoms with Gasteiger partial charge in [0.25, 0.3) is 0 Å². The molecule has 1 atom stereocenters. The molecule has 0 fully saturated rings. The first-order valence-corrected chi connectivity index (χ1v) is 27.8. The van der Waals surface area contributed by atoms with Gasteiger partial charge in [-0.05, 0) is 121 Å². The number of nitrogens with zero attached hydrogens (tertiary/aromatic N) is 6. The molecular weight excluding hydrogens is 1990 g/mol. The number of aliphatic hydroxyl groups is 3. The fraction of sp³-hybridized carbons (Fsp3) is 0.100.